The molecular weight excluding hydrogens is 380 g/mol. The van der Waals surface area contributed by atoms with Gasteiger partial charge >= 0.3 is 0 Å². The third kappa shape index (κ3) is 3.99. The molecule has 3 rings (SSSR count). The van der Waals surface area contributed by atoms with Gasteiger partial charge in [0, 0.05) is 23.5 Å². The molecule has 1 amide bonds. The third-order valence-electron chi connectivity index (χ3n) is 4.59. The molecule has 0 saturated heterocycles. The van der Waals surface area contributed by atoms with Crippen molar-refractivity contribution < 1.29 is 13.2 Å². The molecule has 7 heteroatoms. The van der Waals surface area contributed by atoms with Crippen LogP contribution in [-0.4, -0.2) is 25.1 Å². The van der Waals surface area contributed by atoms with Gasteiger partial charge in [0.25, 0.3) is 5.91 Å². The minimum Gasteiger partial charge on any atom is -0.345 e. The number of rotatable bonds is 5. The van der Waals surface area contributed by atoms with E-state index in [1.54, 1.807) is 35.6 Å². The molecule has 0 saturated carbocycles. The number of thiophene rings is 1. The van der Waals surface area contributed by atoms with Crippen LogP contribution in [0.5, 0.6) is 0 Å². The molecule has 5 nitrogen and oxygen atoms in total. The van der Waals surface area contributed by atoms with Gasteiger partial charge in [-0.05, 0) is 56.2 Å². The van der Waals surface area contributed by atoms with Crippen LogP contribution in [0.1, 0.15) is 39.3 Å². The van der Waals surface area contributed by atoms with Crippen LogP contribution in [0.4, 0.5) is 0 Å². The third-order valence-corrected chi connectivity index (χ3v) is 6.94. The topological polar surface area (TPSA) is 68.2 Å². The molecule has 0 bridgehead atoms. The fraction of sp³-hybridized carbons (Fsp3) is 0.250. The Morgan fingerprint density at radius 1 is 1.11 bits per heavy atom. The van der Waals surface area contributed by atoms with E-state index in [2.05, 4.69) is 5.32 Å². The Balaban J connectivity index is 1.86. The van der Waals surface area contributed by atoms with Gasteiger partial charge in [-0.3, -0.25) is 4.79 Å². The van der Waals surface area contributed by atoms with E-state index < -0.39 is 9.84 Å². The largest absolute Gasteiger partial charge is 0.345 e. The van der Waals surface area contributed by atoms with E-state index in [9.17, 15) is 13.2 Å². The number of nitrogens with zero attached hydrogens (tertiary/aromatic N) is 1. The first-order valence-electron chi connectivity index (χ1n) is 8.52. The number of nitrogens with one attached hydrogen (secondary N) is 1. The molecule has 0 aliphatic heterocycles. The van der Waals surface area contributed by atoms with Gasteiger partial charge in [-0.2, -0.15) is 0 Å². The van der Waals surface area contributed by atoms with Crippen molar-refractivity contribution in [2.45, 2.75) is 31.7 Å². The number of carbonyl (C=O) groups is 1. The fourth-order valence-corrected chi connectivity index (χ4v) is 4.63. The van der Waals surface area contributed by atoms with Gasteiger partial charge in [0.05, 0.1) is 16.5 Å². The second-order valence-corrected chi connectivity index (χ2v) is 9.81. The van der Waals surface area contributed by atoms with Crippen LogP contribution in [0.15, 0.2) is 53.7 Å². The summed E-state index contributed by atoms with van der Waals surface area (Å²) in [6.07, 6.45) is 5.03. The van der Waals surface area contributed by atoms with E-state index in [0.717, 1.165) is 21.0 Å². The van der Waals surface area contributed by atoms with Crippen LogP contribution in [0.25, 0.3) is 5.00 Å². The van der Waals surface area contributed by atoms with Crippen LogP contribution in [0.3, 0.4) is 0 Å². The van der Waals surface area contributed by atoms with Crippen LogP contribution in [-0.2, 0) is 9.84 Å². The predicted molar refractivity (Wildman–Crippen MR) is 109 cm³/mol. The number of aryl methyl sites for hydroxylation is 1. The summed E-state index contributed by atoms with van der Waals surface area (Å²) in [6, 6.07) is 10.2. The van der Waals surface area contributed by atoms with E-state index in [0.29, 0.717) is 5.56 Å². The zero-order valence-corrected chi connectivity index (χ0v) is 17.3. The molecule has 1 aromatic carbocycles. The van der Waals surface area contributed by atoms with Gasteiger partial charge in [0.2, 0.25) is 0 Å². The summed E-state index contributed by atoms with van der Waals surface area (Å²) in [5, 5.41) is 3.93. The van der Waals surface area contributed by atoms with Gasteiger partial charge < -0.3 is 9.88 Å². The molecule has 0 spiro atoms. The molecule has 0 fully saturated rings. The van der Waals surface area contributed by atoms with Gasteiger partial charge in [-0.1, -0.05) is 12.1 Å². The molecule has 0 aliphatic rings. The quantitative estimate of drug-likeness (QED) is 0.700. The Bertz CT molecular complexity index is 1060. The SMILES string of the molecule is Cc1sc(-n2cccc2)c(C(=O)N[C@@H](C)c2ccc(S(C)(=O)=O)cc2)c1C. The summed E-state index contributed by atoms with van der Waals surface area (Å²) in [5.74, 6) is -0.139. The summed E-state index contributed by atoms with van der Waals surface area (Å²) in [5.41, 5.74) is 2.50. The van der Waals surface area contributed by atoms with Crippen molar-refractivity contribution in [2.75, 3.05) is 6.26 Å². The molecule has 0 radical (unpaired) electrons. The fourth-order valence-electron chi connectivity index (χ4n) is 2.88. The zero-order valence-electron chi connectivity index (χ0n) is 15.7. The Kier molecular flexibility index (Phi) is 5.26. The smallest absolute Gasteiger partial charge is 0.255 e. The molecule has 1 atom stereocenters. The lowest BCUT2D eigenvalue weighted by Gasteiger charge is -2.16. The van der Waals surface area contributed by atoms with Crippen molar-refractivity contribution in [3.63, 3.8) is 0 Å². The number of hydrogen-bond donors (Lipinski definition) is 1. The van der Waals surface area contributed by atoms with E-state index in [-0.39, 0.29) is 16.8 Å². The molecule has 2 heterocycles. The molecule has 27 heavy (non-hydrogen) atoms. The van der Waals surface area contributed by atoms with Gasteiger partial charge in [0.1, 0.15) is 5.00 Å². The lowest BCUT2D eigenvalue weighted by atomic mass is 10.1. The number of aromatic nitrogens is 1. The number of sulfone groups is 1. The number of amides is 1. The second-order valence-electron chi connectivity index (χ2n) is 6.59. The average molecular weight is 403 g/mol. The first kappa shape index (κ1) is 19.4. The highest BCUT2D eigenvalue weighted by molar-refractivity contribution is 7.90. The minimum atomic E-state index is -3.23. The number of carbonyl (C=O) groups excluding carboxylic acids is 1. The Labute approximate surface area is 163 Å². The highest BCUT2D eigenvalue weighted by Gasteiger charge is 2.22. The second kappa shape index (κ2) is 7.32. The maximum absolute atomic E-state index is 13.0. The standard InChI is InChI=1S/C20H22N2O3S2/c1-13-15(3)26-20(22-11-5-6-12-22)18(13)19(23)21-14(2)16-7-9-17(10-8-16)27(4,24)25/h5-12,14H,1-4H3,(H,21,23)/t14-/m0/s1. The normalized spacial score (nSPS) is 12.7. The Morgan fingerprint density at radius 3 is 2.26 bits per heavy atom. The summed E-state index contributed by atoms with van der Waals surface area (Å²) >= 11 is 1.59. The van der Waals surface area contributed by atoms with Crippen molar-refractivity contribution in [1.29, 1.82) is 0 Å². The van der Waals surface area contributed by atoms with Gasteiger partial charge in [0.15, 0.2) is 9.84 Å². The summed E-state index contributed by atoms with van der Waals surface area (Å²) in [6.45, 7) is 5.85. The van der Waals surface area contributed by atoms with Gasteiger partial charge in [-0.15, -0.1) is 11.3 Å². The number of hydrogen-bond acceptors (Lipinski definition) is 4. The van der Waals surface area contributed by atoms with Crippen molar-refractivity contribution in [3.05, 3.63) is 70.4 Å². The monoisotopic (exact) mass is 402 g/mol. The molecule has 0 aliphatic carbocycles. The van der Waals surface area contributed by atoms with Crippen LogP contribution in [0, 0.1) is 13.8 Å². The van der Waals surface area contributed by atoms with E-state index >= 15 is 0 Å². The molecule has 2 aromatic heterocycles. The van der Waals surface area contributed by atoms with Crippen molar-refractivity contribution >= 4 is 27.1 Å². The van der Waals surface area contributed by atoms with E-state index in [4.69, 9.17) is 0 Å². The van der Waals surface area contributed by atoms with Crippen molar-refractivity contribution in [3.8, 4) is 5.00 Å². The Morgan fingerprint density at radius 2 is 1.70 bits per heavy atom. The maximum atomic E-state index is 13.0. The van der Waals surface area contributed by atoms with E-state index in [1.165, 1.54) is 6.26 Å². The summed E-state index contributed by atoms with van der Waals surface area (Å²) < 4.78 is 25.1. The van der Waals surface area contributed by atoms with E-state index in [1.807, 2.05) is 49.9 Å². The molecule has 0 unspecified atom stereocenters. The van der Waals surface area contributed by atoms with Crippen LogP contribution in [0.2, 0.25) is 0 Å². The Hall–Kier alpha value is -2.38. The lowest BCUT2D eigenvalue weighted by molar-refractivity contribution is 0.0939. The minimum absolute atomic E-state index is 0.139. The number of benzene rings is 1. The summed E-state index contributed by atoms with van der Waals surface area (Å²) in [7, 11) is -3.23. The first-order chi connectivity index (χ1) is 12.7. The summed E-state index contributed by atoms with van der Waals surface area (Å²) in [4.78, 5) is 14.4. The van der Waals surface area contributed by atoms with Crippen molar-refractivity contribution in [2.24, 2.45) is 0 Å². The van der Waals surface area contributed by atoms with Crippen LogP contribution >= 0.6 is 11.3 Å². The molecular formula is C20H22N2O3S2. The maximum Gasteiger partial charge on any atom is 0.255 e. The highest BCUT2D eigenvalue weighted by Crippen LogP contribution is 2.31. The zero-order chi connectivity index (χ0) is 19.8. The molecule has 1 N–H and O–H groups in total. The lowest BCUT2D eigenvalue weighted by Crippen LogP contribution is -2.27. The average Bonchev–Trinajstić information content (AvgIpc) is 3.23. The highest BCUT2D eigenvalue weighted by atomic mass is 32.2. The molecule has 3 aromatic rings. The first-order valence-corrected chi connectivity index (χ1v) is 11.2. The predicted octanol–water partition coefficient (Wildman–Crippen LogP) is 4.05. The van der Waals surface area contributed by atoms with Crippen molar-refractivity contribution in [1.82, 2.24) is 9.88 Å². The van der Waals surface area contributed by atoms with Crippen LogP contribution < -0.4 is 5.32 Å². The van der Waals surface area contributed by atoms with Gasteiger partial charge in [-0.25, -0.2) is 8.42 Å². The molecule has 142 valence electrons.